The predicted molar refractivity (Wildman–Crippen MR) is 74.4 cm³/mol. The number of benzene rings is 1. The molecule has 1 N–H and O–H groups in total. The van der Waals surface area contributed by atoms with E-state index >= 15 is 0 Å². The van der Waals surface area contributed by atoms with Crippen LogP contribution in [0.15, 0.2) is 41.0 Å². The van der Waals surface area contributed by atoms with E-state index in [2.05, 4.69) is 0 Å². The Kier molecular flexibility index (Phi) is 3.22. The van der Waals surface area contributed by atoms with Crippen molar-refractivity contribution in [2.24, 2.45) is 0 Å². The van der Waals surface area contributed by atoms with Crippen LogP contribution in [0.4, 0.5) is 0 Å². The quantitative estimate of drug-likeness (QED) is 0.929. The maximum atomic E-state index is 12.7. The van der Waals surface area contributed by atoms with Gasteiger partial charge in [-0.1, -0.05) is 6.07 Å². The Morgan fingerprint density at radius 3 is 2.80 bits per heavy atom. The first-order valence-corrected chi connectivity index (χ1v) is 6.78. The van der Waals surface area contributed by atoms with Crippen LogP contribution in [0.25, 0.3) is 0 Å². The van der Waals surface area contributed by atoms with Gasteiger partial charge in [-0.2, -0.15) is 0 Å². The number of carbonyl (C=O) groups excluding carboxylic acids is 1. The van der Waals surface area contributed by atoms with Crippen LogP contribution in [0.3, 0.4) is 0 Å². The summed E-state index contributed by atoms with van der Waals surface area (Å²) in [6.07, 6.45) is 3.68. The molecule has 1 aromatic heterocycles. The van der Waals surface area contributed by atoms with Crippen LogP contribution < -0.4 is 0 Å². The molecule has 0 atom stereocenters. The van der Waals surface area contributed by atoms with Crippen LogP contribution in [0.5, 0.6) is 5.75 Å². The molecule has 1 saturated carbocycles. The Morgan fingerprint density at radius 2 is 2.15 bits per heavy atom. The van der Waals surface area contributed by atoms with Gasteiger partial charge in [0.05, 0.1) is 12.8 Å². The lowest BCUT2D eigenvalue weighted by Crippen LogP contribution is -2.32. The summed E-state index contributed by atoms with van der Waals surface area (Å²) in [5.41, 5.74) is 1.19. The van der Waals surface area contributed by atoms with Crippen LogP contribution in [0, 0.1) is 6.92 Å². The van der Waals surface area contributed by atoms with Crippen molar-refractivity contribution in [3.8, 4) is 5.75 Å². The van der Waals surface area contributed by atoms with Crippen molar-refractivity contribution in [3.05, 3.63) is 53.5 Å². The lowest BCUT2D eigenvalue weighted by atomic mass is 10.1. The van der Waals surface area contributed by atoms with E-state index in [9.17, 15) is 9.90 Å². The SMILES string of the molecule is Cc1c(O)cccc1C(=O)N(Cc1ccco1)C1CC1. The van der Waals surface area contributed by atoms with E-state index in [4.69, 9.17) is 4.42 Å². The number of phenolic OH excluding ortho intramolecular Hbond substituents is 1. The summed E-state index contributed by atoms with van der Waals surface area (Å²) < 4.78 is 5.34. The third kappa shape index (κ3) is 2.41. The molecule has 0 radical (unpaired) electrons. The highest BCUT2D eigenvalue weighted by molar-refractivity contribution is 5.96. The molecule has 1 heterocycles. The summed E-state index contributed by atoms with van der Waals surface area (Å²) in [5.74, 6) is 0.893. The van der Waals surface area contributed by atoms with Crippen LogP contribution >= 0.6 is 0 Å². The molecule has 2 aromatic rings. The molecule has 0 spiro atoms. The number of amides is 1. The van der Waals surface area contributed by atoms with Gasteiger partial charge in [0.25, 0.3) is 5.91 Å². The first-order chi connectivity index (χ1) is 9.66. The molecule has 4 nitrogen and oxygen atoms in total. The summed E-state index contributed by atoms with van der Waals surface area (Å²) in [7, 11) is 0. The van der Waals surface area contributed by atoms with Gasteiger partial charge in [0, 0.05) is 17.2 Å². The molecule has 0 aliphatic heterocycles. The molecule has 0 saturated heterocycles. The molecular formula is C16H17NO3. The minimum absolute atomic E-state index is 0.0442. The van der Waals surface area contributed by atoms with Crippen molar-refractivity contribution in [3.63, 3.8) is 0 Å². The summed E-state index contributed by atoms with van der Waals surface area (Å²) in [6, 6.07) is 9.04. The molecule has 1 fully saturated rings. The largest absolute Gasteiger partial charge is 0.508 e. The second kappa shape index (κ2) is 5.04. The fourth-order valence-corrected chi connectivity index (χ4v) is 2.33. The van der Waals surface area contributed by atoms with E-state index in [1.807, 2.05) is 17.0 Å². The van der Waals surface area contributed by atoms with Crippen molar-refractivity contribution in [2.45, 2.75) is 32.4 Å². The van der Waals surface area contributed by atoms with Gasteiger partial charge in [0.15, 0.2) is 0 Å². The number of hydrogen-bond acceptors (Lipinski definition) is 3. The van der Waals surface area contributed by atoms with Gasteiger partial charge in [0.2, 0.25) is 0 Å². The van der Waals surface area contributed by atoms with E-state index in [1.54, 1.807) is 31.4 Å². The van der Waals surface area contributed by atoms with Crippen molar-refractivity contribution in [1.82, 2.24) is 4.90 Å². The van der Waals surface area contributed by atoms with Crippen LogP contribution in [-0.2, 0) is 6.54 Å². The minimum atomic E-state index is -0.0442. The maximum absolute atomic E-state index is 12.7. The van der Waals surface area contributed by atoms with E-state index in [0.717, 1.165) is 18.6 Å². The third-order valence-electron chi connectivity index (χ3n) is 3.69. The number of rotatable bonds is 4. The van der Waals surface area contributed by atoms with Crippen LogP contribution in [0.2, 0.25) is 0 Å². The van der Waals surface area contributed by atoms with Gasteiger partial charge in [-0.15, -0.1) is 0 Å². The highest BCUT2D eigenvalue weighted by atomic mass is 16.3. The Balaban J connectivity index is 1.87. The van der Waals surface area contributed by atoms with Gasteiger partial charge < -0.3 is 14.4 Å². The smallest absolute Gasteiger partial charge is 0.254 e. The van der Waals surface area contributed by atoms with Crippen molar-refractivity contribution in [1.29, 1.82) is 0 Å². The summed E-state index contributed by atoms with van der Waals surface area (Å²) in [5, 5.41) is 9.75. The lowest BCUT2D eigenvalue weighted by molar-refractivity contribution is 0.0716. The lowest BCUT2D eigenvalue weighted by Gasteiger charge is -2.22. The fraction of sp³-hybridized carbons (Fsp3) is 0.312. The average Bonchev–Trinajstić information content (AvgIpc) is 3.15. The second-order valence-electron chi connectivity index (χ2n) is 5.19. The first kappa shape index (κ1) is 12.8. The monoisotopic (exact) mass is 271 g/mol. The second-order valence-corrected chi connectivity index (χ2v) is 5.19. The molecule has 0 bridgehead atoms. The Labute approximate surface area is 117 Å². The molecule has 1 aliphatic rings. The van der Waals surface area contributed by atoms with Crippen LogP contribution in [0.1, 0.15) is 34.5 Å². The van der Waals surface area contributed by atoms with Crippen molar-refractivity contribution < 1.29 is 14.3 Å². The normalized spacial score (nSPS) is 14.2. The average molecular weight is 271 g/mol. The first-order valence-electron chi connectivity index (χ1n) is 6.78. The topological polar surface area (TPSA) is 53.7 Å². The van der Waals surface area contributed by atoms with E-state index in [-0.39, 0.29) is 17.7 Å². The zero-order valence-electron chi connectivity index (χ0n) is 11.4. The molecule has 1 amide bonds. The van der Waals surface area contributed by atoms with Gasteiger partial charge in [-0.25, -0.2) is 0 Å². The van der Waals surface area contributed by atoms with Gasteiger partial charge in [-0.3, -0.25) is 4.79 Å². The maximum Gasteiger partial charge on any atom is 0.254 e. The number of phenols is 1. The standard InChI is InChI=1S/C16H17NO3/c1-11-14(5-2-6-15(11)18)16(19)17(12-7-8-12)10-13-4-3-9-20-13/h2-6,9,12,18H,7-8,10H2,1H3. The molecule has 1 aromatic carbocycles. The zero-order valence-corrected chi connectivity index (χ0v) is 11.4. The number of aromatic hydroxyl groups is 1. The summed E-state index contributed by atoms with van der Waals surface area (Å²) in [6.45, 7) is 2.24. The fourth-order valence-electron chi connectivity index (χ4n) is 2.33. The van der Waals surface area contributed by atoms with Crippen LogP contribution in [-0.4, -0.2) is 22.0 Å². The molecule has 4 heteroatoms. The van der Waals surface area contributed by atoms with E-state index in [1.165, 1.54) is 0 Å². The Bertz CT molecular complexity index is 615. The van der Waals surface area contributed by atoms with Gasteiger partial charge in [-0.05, 0) is 44.0 Å². The molecule has 1 aliphatic carbocycles. The van der Waals surface area contributed by atoms with Crippen molar-refractivity contribution in [2.75, 3.05) is 0 Å². The number of furan rings is 1. The van der Waals surface area contributed by atoms with Gasteiger partial charge in [0.1, 0.15) is 11.5 Å². The third-order valence-corrected chi connectivity index (χ3v) is 3.69. The summed E-state index contributed by atoms with van der Waals surface area (Å²) >= 11 is 0. The zero-order chi connectivity index (χ0) is 14.1. The number of carbonyl (C=O) groups is 1. The minimum Gasteiger partial charge on any atom is -0.508 e. The molecule has 0 unspecified atom stereocenters. The Morgan fingerprint density at radius 1 is 1.35 bits per heavy atom. The Hall–Kier alpha value is -2.23. The predicted octanol–water partition coefficient (Wildman–Crippen LogP) is 3.10. The molecule has 3 rings (SSSR count). The molecular weight excluding hydrogens is 254 g/mol. The van der Waals surface area contributed by atoms with Gasteiger partial charge >= 0.3 is 0 Å². The van der Waals surface area contributed by atoms with E-state index < -0.39 is 0 Å². The molecule has 104 valence electrons. The highest BCUT2D eigenvalue weighted by Gasteiger charge is 2.34. The van der Waals surface area contributed by atoms with E-state index in [0.29, 0.717) is 17.7 Å². The number of nitrogens with zero attached hydrogens (tertiary/aromatic N) is 1. The van der Waals surface area contributed by atoms with Crippen molar-refractivity contribution >= 4 is 5.91 Å². The molecule has 20 heavy (non-hydrogen) atoms. The number of hydrogen-bond donors (Lipinski definition) is 1. The summed E-state index contributed by atoms with van der Waals surface area (Å²) in [4.78, 5) is 14.5. The highest BCUT2D eigenvalue weighted by Crippen LogP contribution is 2.31.